The van der Waals surface area contributed by atoms with E-state index in [1.807, 2.05) is 24.3 Å². The lowest BCUT2D eigenvalue weighted by atomic mass is 9.83. The van der Waals surface area contributed by atoms with Crippen molar-refractivity contribution < 1.29 is 27.5 Å². The van der Waals surface area contributed by atoms with Gasteiger partial charge in [0.2, 0.25) is 0 Å². The number of carbonyl (C=O) groups excluding carboxylic acids is 2. The second kappa shape index (κ2) is 14.7. The minimum Gasteiger partial charge on any atom is -0.436 e. The molecule has 288 valence electrons. The number of hydrogen-bond acceptors (Lipinski definition) is 8. The normalized spacial score (nSPS) is 23.2. The molecule has 2 bridgehead atoms. The highest BCUT2D eigenvalue weighted by Gasteiger charge is 2.41. The van der Waals surface area contributed by atoms with Gasteiger partial charge in [0.05, 0.1) is 39.0 Å². The molecule has 5 aliphatic rings. The lowest BCUT2D eigenvalue weighted by Gasteiger charge is -2.51. The van der Waals surface area contributed by atoms with Gasteiger partial charge in [-0.25, -0.2) is 9.59 Å². The van der Waals surface area contributed by atoms with Gasteiger partial charge in [0.15, 0.2) is 6.10 Å². The summed E-state index contributed by atoms with van der Waals surface area (Å²) in [6, 6.07) is 10.1. The molecule has 1 unspecified atom stereocenters. The van der Waals surface area contributed by atoms with Crippen LogP contribution >= 0.6 is 11.6 Å². The number of amides is 2. The first-order chi connectivity index (χ1) is 26.0. The number of anilines is 1. The Labute approximate surface area is 315 Å². The van der Waals surface area contributed by atoms with Gasteiger partial charge in [0, 0.05) is 76.8 Å². The Morgan fingerprint density at radius 3 is 2.39 bits per heavy atom. The second-order valence-electron chi connectivity index (χ2n) is 14.9. The van der Waals surface area contributed by atoms with Crippen molar-refractivity contribution in [1.82, 2.24) is 34.1 Å². The number of H-pyrrole nitrogens is 1. The number of aromatic nitrogens is 3. The summed E-state index contributed by atoms with van der Waals surface area (Å²) >= 11 is 6.32. The molecule has 5 aliphatic heterocycles. The molecular weight excluding hydrogens is 725 g/mol. The van der Waals surface area contributed by atoms with Gasteiger partial charge < -0.3 is 29.7 Å². The number of halogens is 4. The van der Waals surface area contributed by atoms with Crippen molar-refractivity contribution in [2.45, 2.75) is 56.5 Å². The lowest BCUT2D eigenvalue weighted by molar-refractivity contribution is -0.143. The van der Waals surface area contributed by atoms with Crippen molar-refractivity contribution in [3.8, 4) is 0 Å². The number of benzene rings is 2. The SMILES string of the molecule is CNc1c(Cl)cc(C[C@@H](OC(=O)N2CCC(n3c(=O)[nH]c4c5ccccc5ncc43)CC2)C(=O)N2CCN(C3CN4CCC3CC4)CC2)cc1C(F)(F)F. The van der Waals surface area contributed by atoms with Gasteiger partial charge in [-0.15, -0.1) is 0 Å². The molecule has 0 aliphatic carbocycles. The molecule has 2 amide bonds. The molecule has 7 heterocycles. The summed E-state index contributed by atoms with van der Waals surface area (Å²) in [7, 11) is 1.36. The van der Waals surface area contributed by atoms with E-state index in [-0.39, 0.29) is 47.5 Å². The minimum absolute atomic E-state index is 0.127. The van der Waals surface area contributed by atoms with E-state index in [9.17, 15) is 27.6 Å². The topological polar surface area (TPSA) is 119 Å². The molecule has 0 radical (unpaired) electrons. The molecule has 9 rings (SSSR count). The first-order valence-corrected chi connectivity index (χ1v) is 19.1. The Morgan fingerprint density at radius 2 is 1.72 bits per heavy atom. The van der Waals surface area contributed by atoms with Crippen LogP contribution in [-0.4, -0.2) is 124 Å². The Balaban J connectivity index is 0.983. The van der Waals surface area contributed by atoms with Crippen LogP contribution in [0.2, 0.25) is 5.02 Å². The number of alkyl halides is 3. The van der Waals surface area contributed by atoms with Crippen LogP contribution in [0.4, 0.5) is 23.7 Å². The molecule has 5 saturated heterocycles. The fourth-order valence-electron chi connectivity index (χ4n) is 9.06. The standard InChI is InChI=1S/C38H44ClF3N8O4/c1-43-34-27(38(40,41)42)18-23(19-28(34)39)20-32(35(51)48-16-14-47(15-17-48)31-22-46-10-6-24(31)7-11-46)54-37(53)49-12-8-25(9-13-49)50-30-21-44-29-5-3-2-4-26(29)33(30)45-36(50)52/h2-5,18-19,21,24-25,31-32,43H,6-17,20,22H2,1H3,(H,45,52)/t31?,32-/m1/s1. The van der Waals surface area contributed by atoms with Crippen molar-refractivity contribution in [2.75, 3.05) is 71.3 Å². The molecule has 2 N–H and O–H groups in total. The number of piperidine rings is 4. The van der Waals surface area contributed by atoms with Gasteiger partial charge in [-0.2, -0.15) is 13.2 Å². The number of carbonyl (C=O) groups is 2. The first kappa shape index (κ1) is 36.6. The summed E-state index contributed by atoms with van der Waals surface area (Å²) in [5.74, 6) is 0.202. The highest BCUT2D eigenvalue weighted by molar-refractivity contribution is 6.33. The fraction of sp³-hybridized carbons (Fsp3) is 0.526. The monoisotopic (exact) mass is 768 g/mol. The smallest absolute Gasteiger partial charge is 0.418 e. The number of rotatable bonds is 7. The molecular formula is C38H44ClF3N8O4. The number of pyridine rings is 1. The molecule has 2 aromatic heterocycles. The van der Waals surface area contributed by atoms with Gasteiger partial charge >= 0.3 is 18.0 Å². The first-order valence-electron chi connectivity index (χ1n) is 18.7. The Hall–Kier alpha value is -4.34. The van der Waals surface area contributed by atoms with Crippen LogP contribution in [0.5, 0.6) is 0 Å². The Bertz CT molecular complexity index is 2100. The number of piperazine rings is 1. The van der Waals surface area contributed by atoms with Crippen LogP contribution in [0.15, 0.2) is 47.4 Å². The van der Waals surface area contributed by atoms with Crippen LogP contribution in [0, 0.1) is 5.92 Å². The molecule has 2 aromatic carbocycles. The zero-order valence-electron chi connectivity index (χ0n) is 30.1. The number of imidazole rings is 1. The number of ether oxygens (including phenoxy) is 1. The van der Waals surface area contributed by atoms with E-state index < -0.39 is 29.8 Å². The summed E-state index contributed by atoms with van der Waals surface area (Å²) in [6.07, 6.45) is -2.14. The minimum atomic E-state index is -4.71. The van der Waals surface area contributed by atoms with E-state index in [1.165, 1.54) is 30.9 Å². The number of fused-ring (bicyclic) bond motifs is 6. The highest BCUT2D eigenvalue weighted by Crippen LogP contribution is 2.40. The third-order valence-electron chi connectivity index (χ3n) is 11.9. The van der Waals surface area contributed by atoms with Crippen molar-refractivity contribution in [3.63, 3.8) is 0 Å². The lowest BCUT2D eigenvalue weighted by Crippen LogP contribution is -2.62. The number of aromatic amines is 1. The summed E-state index contributed by atoms with van der Waals surface area (Å²) in [4.78, 5) is 56.7. The average Bonchev–Trinajstić information content (AvgIpc) is 3.53. The zero-order valence-corrected chi connectivity index (χ0v) is 30.8. The summed E-state index contributed by atoms with van der Waals surface area (Å²) < 4.78 is 49.9. The maximum Gasteiger partial charge on any atom is 0.418 e. The van der Waals surface area contributed by atoms with Crippen molar-refractivity contribution in [2.24, 2.45) is 5.92 Å². The third-order valence-corrected chi connectivity index (χ3v) is 12.2. The molecule has 16 heteroatoms. The molecule has 0 spiro atoms. The quantitative estimate of drug-likeness (QED) is 0.263. The summed E-state index contributed by atoms with van der Waals surface area (Å²) in [6.45, 7) is 6.02. The van der Waals surface area contributed by atoms with E-state index >= 15 is 0 Å². The molecule has 0 saturated carbocycles. The number of hydrogen-bond donors (Lipinski definition) is 2. The van der Waals surface area contributed by atoms with E-state index in [0.717, 1.165) is 36.6 Å². The highest BCUT2D eigenvalue weighted by atomic mass is 35.5. The van der Waals surface area contributed by atoms with Gasteiger partial charge in [-0.05, 0) is 68.5 Å². The predicted molar refractivity (Wildman–Crippen MR) is 199 cm³/mol. The average molecular weight is 769 g/mol. The van der Waals surface area contributed by atoms with E-state index in [2.05, 4.69) is 25.1 Å². The second-order valence-corrected chi connectivity index (χ2v) is 15.4. The Morgan fingerprint density at radius 1 is 1.00 bits per heavy atom. The van der Waals surface area contributed by atoms with Crippen LogP contribution < -0.4 is 11.0 Å². The molecule has 5 fully saturated rings. The fourth-order valence-corrected chi connectivity index (χ4v) is 9.40. The van der Waals surface area contributed by atoms with E-state index in [0.29, 0.717) is 62.0 Å². The predicted octanol–water partition coefficient (Wildman–Crippen LogP) is 5.21. The summed E-state index contributed by atoms with van der Waals surface area (Å²) in [5, 5.41) is 3.21. The van der Waals surface area contributed by atoms with Gasteiger partial charge in [-0.1, -0.05) is 29.8 Å². The Kier molecular flexibility index (Phi) is 9.98. The number of para-hydroxylation sites is 1. The van der Waals surface area contributed by atoms with Gasteiger partial charge in [-0.3, -0.25) is 19.2 Å². The third kappa shape index (κ3) is 7.01. The van der Waals surface area contributed by atoms with Crippen molar-refractivity contribution in [3.05, 3.63) is 69.2 Å². The molecule has 4 aromatic rings. The van der Waals surface area contributed by atoms with Crippen LogP contribution in [0.25, 0.3) is 21.9 Å². The summed E-state index contributed by atoms with van der Waals surface area (Å²) in [5.41, 5.74) is 0.791. The van der Waals surface area contributed by atoms with E-state index in [4.69, 9.17) is 16.3 Å². The van der Waals surface area contributed by atoms with Crippen molar-refractivity contribution >= 4 is 51.2 Å². The van der Waals surface area contributed by atoms with Crippen LogP contribution in [0.3, 0.4) is 0 Å². The number of nitrogens with one attached hydrogen (secondary N) is 2. The molecule has 2 atom stereocenters. The number of likely N-dealkylation sites (tertiary alicyclic amines) is 1. The largest absolute Gasteiger partial charge is 0.436 e. The zero-order chi connectivity index (χ0) is 37.7. The van der Waals surface area contributed by atoms with Crippen LogP contribution in [0.1, 0.15) is 42.9 Å². The maximum absolute atomic E-state index is 14.2. The van der Waals surface area contributed by atoms with E-state index in [1.54, 1.807) is 15.7 Å². The number of nitrogens with zero attached hydrogens (tertiary/aromatic N) is 6. The molecule has 12 nitrogen and oxygen atoms in total. The van der Waals surface area contributed by atoms with Crippen LogP contribution in [-0.2, 0) is 22.1 Å². The molecule has 54 heavy (non-hydrogen) atoms. The maximum atomic E-state index is 14.2. The van der Waals surface area contributed by atoms with Gasteiger partial charge in [0.1, 0.15) is 0 Å². The van der Waals surface area contributed by atoms with Gasteiger partial charge in [0.25, 0.3) is 5.91 Å². The van der Waals surface area contributed by atoms with Crippen molar-refractivity contribution in [1.29, 1.82) is 0 Å².